The highest BCUT2D eigenvalue weighted by Crippen LogP contribution is 2.44. The summed E-state index contributed by atoms with van der Waals surface area (Å²) < 4.78 is 7.83. The van der Waals surface area contributed by atoms with Gasteiger partial charge in [-0.1, -0.05) is 17.7 Å². The summed E-state index contributed by atoms with van der Waals surface area (Å²) >= 11 is 6.69. The fourth-order valence-corrected chi connectivity index (χ4v) is 4.61. The van der Waals surface area contributed by atoms with Gasteiger partial charge >= 0.3 is 0 Å². The van der Waals surface area contributed by atoms with E-state index in [0.29, 0.717) is 17.4 Å². The Hall–Kier alpha value is -2.80. The molecule has 8 heteroatoms. The van der Waals surface area contributed by atoms with E-state index in [1.165, 1.54) is 11.9 Å². The molecule has 1 aromatic carbocycles. The zero-order valence-electron chi connectivity index (χ0n) is 18.0. The van der Waals surface area contributed by atoms with E-state index >= 15 is 0 Å². The van der Waals surface area contributed by atoms with Gasteiger partial charge in [-0.25, -0.2) is 14.6 Å². The van der Waals surface area contributed by atoms with E-state index in [2.05, 4.69) is 41.0 Å². The van der Waals surface area contributed by atoms with Crippen molar-refractivity contribution in [1.82, 2.24) is 24.6 Å². The predicted molar refractivity (Wildman–Crippen MR) is 120 cm³/mol. The summed E-state index contributed by atoms with van der Waals surface area (Å²) in [7, 11) is 1.72. The molecule has 1 unspecified atom stereocenters. The molecule has 158 valence electrons. The summed E-state index contributed by atoms with van der Waals surface area (Å²) in [5.74, 6) is 1.68. The van der Waals surface area contributed by atoms with Crippen molar-refractivity contribution in [2.75, 3.05) is 25.9 Å². The van der Waals surface area contributed by atoms with Gasteiger partial charge in [-0.15, -0.1) is 0 Å². The highest BCUT2D eigenvalue weighted by atomic mass is 35.5. The Labute approximate surface area is 181 Å². The van der Waals surface area contributed by atoms with Gasteiger partial charge in [-0.3, -0.25) is 0 Å². The van der Waals surface area contributed by atoms with Gasteiger partial charge in [-0.05, 0) is 45.5 Å². The molecule has 7 nitrogen and oxygen atoms in total. The zero-order valence-corrected chi connectivity index (χ0v) is 18.7. The first-order valence-electron chi connectivity index (χ1n) is 10.1. The highest BCUT2D eigenvalue weighted by Gasteiger charge is 2.33. The summed E-state index contributed by atoms with van der Waals surface area (Å²) in [4.78, 5) is 10.8. The summed E-state index contributed by atoms with van der Waals surface area (Å²) in [6.45, 7) is 9.98. The van der Waals surface area contributed by atoms with Crippen LogP contribution in [0.15, 0.2) is 24.7 Å². The van der Waals surface area contributed by atoms with Crippen LogP contribution in [-0.4, -0.2) is 44.8 Å². The van der Waals surface area contributed by atoms with Gasteiger partial charge in [0.2, 0.25) is 0 Å². The number of nitrogens with zero attached hydrogens (tertiary/aromatic N) is 5. The maximum Gasteiger partial charge on any atom is 0.164 e. The molecule has 1 aliphatic heterocycles. The average Bonchev–Trinajstić information content (AvgIpc) is 3.04. The molecular formula is C22H27ClN6O. The third-order valence-electron chi connectivity index (χ3n) is 5.94. The third kappa shape index (κ3) is 3.17. The monoisotopic (exact) mass is 426 g/mol. The van der Waals surface area contributed by atoms with Crippen molar-refractivity contribution in [3.63, 3.8) is 0 Å². The molecule has 2 aromatic heterocycles. The first kappa shape index (κ1) is 20.5. The zero-order chi connectivity index (χ0) is 21.6. The molecule has 0 bridgehead atoms. The summed E-state index contributed by atoms with van der Waals surface area (Å²) in [5, 5.41) is 6.23. The number of anilines is 1. The van der Waals surface area contributed by atoms with Gasteiger partial charge < -0.3 is 15.4 Å². The molecule has 4 rings (SSSR count). The molecule has 0 saturated carbocycles. The SMILES string of the molecule is CC=CN1CC(c2c(C)c(Cl)cc(C(C)n3nc(C)c4c(N)ncnc43)c2OC)C1. The van der Waals surface area contributed by atoms with Crippen LogP contribution >= 0.6 is 11.6 Å². The van der Waals surface area contributed by atoms with Crippen molar-refractivity contribution in [1.29, 1.82) is 0 Å². The molecule has 30 heavy (non-hydrogen) atoms. The van der Waals surface area contributed by atoms with Crippen molar-refractivity contribution in [2.24, 2.45) is 0 Å². The van der Waals surface area contributed by atoms with Crippen LogP contribution in [-0.2, 0) is 0 Å². The number of methoxy groups -OCH3 is 1. The van der Waals surface area contributed by atoms with Crippen LogP contribution in [0.25, 0.3) is 11.0 Å². The molecule has 0 aliphatic carbocycles. The van der Waals surface area contributed by atoms with E-state index in [0.717, 1.165) is 46.1 Å². The van der Waals surface area contributed by atoms with Crippen LogP contribution < -0.4 is 10.5 Å². The molecule has 2 N–H and O–H groups in total. The molecular weight excluding hydrogens is 400 g/mol. The molecule has 0 amide bonds. The number of benzene rings is 1. The van der Waals surface area contributed by atoms with Crippen molar-refractivity contribution in [2.45, 2.75) is 39.7 Å². The quantitative estimate of drug-likeness (QED) is 0.657. The molecule has 3 heterocycles. The summed E-state index contributed by atoms with van der Waals surface area (Å²) in [6.07, 6.45) is 5.65. The number of aromatic nitrogens is 4. The second kappa shape index (κ2) is 7.80. The number of hydrogen-bond acceptors (Lipinski definition) is 6. The smallest absolute Gasteiger partial charge is 0.164 e. The maximum absolute atomic E-state index is 6.69. The number of fused-ring (bicyclic) bond motifs is 1. The van der Waals surface area contributed by atoms with E-state index in [9.17, 15) is 0 Å². The Kier molecular flexibility index (Phi) is 5.32. The number of nitrogen functional groups attached to an aromatic ring is 1. The van der Waals surface area contributed by atoms with Crippen molar-refractivity contribution in [3.05, 3.63) is 52.1 Å². The Morgan fingerprint density at radius 2 is 2.03 bits per heavy atom. The molecule has 1 saturated heterocycles. The second-order valence-corrected chi connectivity index (χ2v) is 8.22. The largest absolute Gasteiger partial charge is 0.496 e. The van der Waals surface area contributed by atoms with Gasteiger partial charge in [0.25, 0.3) is 0 Å². The van der Waals surface area contributed by atoms with Gasteiger partial charge in [-0.2, -0.15) is 5.10 Å². The van der Waals surface area contributed by atoms with Crippen LogP contribution in [0.2, 0.25) is 5.02 Å². The lowest BCUT2D eigenvalue weighted by Gasteiger charge is -2.40. The normalized spacial score (nSPS) is 15.7. The number of aryl methyl sites for hydroxylation is 1. The first-order valence-corrected chi connectivity index (χ1v) is 10.4. The fraction of sp³-hybridized carbons (Fsp3) is 0.409. The number of halogens is 1. The molecule has 1 fully saturated rings. The molecule has 1 atom stereocenters. The second-order valence-electron chi connectivity index (χ2n) is 7.82. The van der Waals surface area contributed by atoms with E-state index in [1.54, 1.807) is 7.11 Å². The van der Waals surface area contributed by atoms with E-state index in [1.807, 2.05) is 24.6 Å². The first-order chi connectivity index (χ1) is 14.4. The van der Waals surface area contributed by atoms with Crippen molar-refractivity contribution < 1.29 is 4.74 Å². The molecule has 0 spiro atoms. The van der Waals surface area contributed by atoms with Gasteiger partial charge in [0.15, 0.2) is 5.65 Å². The van der Waals surface area contributed by atoms with E-state index < -0.39 is 0 Å². The lowest BCUT2D eigenvalue weighted by atomic mass is 9.85. The van der Waals surface area contributed by atoms with Crippen LogP contribution in [0.1, 0.15) is 48.2 Å². The van der Waals surface area contributed by atoms with Crippen molar-refractivity contribution in [3.8, 4) is 5.75 Å². The van der Waals surface area contributed by atoms with Crippen LogP contribution in [0.5, 0.6) is 5.75 Å². The average molecular weight is 427 g/mol. The number of ether oxygens (including phenoxy) is 1. The Bertz CT molecular complexity index is 1130. The van der Waals surface area contributed by atoms with Crippen LogP contribution in [0, 0.1) is 13.8 Å². The van der Waals surface area contributed by atoms with E-state index in [4.69, 9.17) is 27.2 Å². The predicted octanol–water partition coefficient (Wildman–Crippen LogP) is 4.23. The number of hydrogen-bond donors (Lipinski definition) is 1. The van der Waals surface area contributed by atoms with Crippen LogP contribution in [0.4, 0.5) is 5.82 Å². The Morgan fingerprint density at radius 1 is 1.30 bits per heavy atom. The Balaban J connectivity index is 1.83. The number of nitrogens with two attached hydrogens (primary N) is 1. The number of rotatable bonds is 5. The lowest BCUT2D eigenvalue weighted by molar-refractivity contribution is 0.215. The molecule has 1 aliphatic rings. The van der Waals surface area contributed by atoms with Gasteiger partial charge in [0.1, 0.15) is 17.9 Å². The number of allylic oxidation sites excluding steroid dienone is 1. The minimum atomic E-state index is -0.144. The number of likely N-dealkylation sites (tertiary alicyclic amines) is 1. The highest BCUT2D eigenvalue weighted by molar-refractivity contribution is 6.31. The fourth-order valence-electron chi connectivity index (χ4n) is 4.39. The molecule has 0 radical (unpaired) electrons. The van der Waals surface area contributed by atoms with Gasteiger partial charge in [0, 0.05) is 35.2 Å². The third-order valence-corrected chi connectivity index (χ3v) is 6.34. The van der Waals surface area contributed by atoms with E-state index in [-0.39, 0.29) is 6.04 Å². The van der Waals surface area contributed by atoms with Crippen molar-refractivity contribution >= 4 is 28.5 Å². The summed E-state index contributed by atoms with van der Waals surface area (Å²) in [6, 6.07) is 1.84. The Morgan fingerprint density at radius 3 is 2.70 bits per heavy atom. The van der Waals surface area contributed by atoms with Gasteiger partial charge in [0.05, 0.1) is 24.2 Å². The summed E-state index contributed by atoms with van der Waals surface area (Å²) in [5.41, 5.74) is 10.8. The lowest BCUT2D eigenvalue weighted by Crippen LogP contribution is -2.41. The minimum absolute atomic E-state index is 0.144. The topological polar surface area (TPSA) is 82.1 Å². The standard InChI is InChI=1S/C22H27ClN6O/c1-6-7-28-9-15(10-28)18-12(2)17(23)8-16(20(18)30-5)14(4)29-22-19(13(3)27-29)21(24)25-11-26-22/h6-8,11,14-15H,9-10H2,1-5H3,(H2,24,25,26). The maximum atomic E-state index is 6.69. The van der Waals surface area contributed by atoms with Crippen LogP contribution in [0.3, 0.4) is 0 Å². The minimum Gasteiger partial charge on any atom is -0.496 e. The molecule has 3 aromatic rings.